The summed E-state index contributed by atoms with van der Waals surface area (Å²) in [5, 5.41) is 23.1. The SMILES string of the molecule is CC(C)(C)[C@H](NC(=O)C(F)(F)F)C(=O)N1C[C@H]2[C@@H]([C@H]1C(=O)NC(C#N)c1cncc(C#N)c1)C2(C)C. The number of nitrogens with one attached hydrogen (secondary N) is 2. The number of carbonyl (C=O) groups is 3. The van der Waals surface area contributed by atoms with Crippen molar-refractivity contribution in [2.75, 3.05) is 6.54 Å². The lowest BCUT2D eigenvalue weighted by atomic mass is 9.85. The number of likely N-dealkylation sites (tertiary alicyclic amines) is 1. The van der Waals surface area contributed by atoms with Crippen molar-refractivity contribution < 1.29 is 27.6 Å². The number of fused-ring (bicyclic) bond motifs is 1. The van der Waals surface area contributed by atoms with Crippen molar-refractivity contribution in [1.29, 1.82) is 10.5 Å². The fourth-order valence-electron chi connectivity index (χ4n) is 4.94. The largest absolute Gasteiger partial charge is 0.471 e. The first kappa shape index (κ1) is 26.9. The normalized spacial score (nSPS) is 23.9. The third kappa shape index (κ3) is 4.99. The number of aromatic nitrogens is 1. The number of nitrogens with zero attached hydrogens (tertiary/aromatic N) is 4. The lowest BCUT2D eigenvalue weighted by Gasteiger charge is -2.37. The fourth-order valence-corrected chi connectivity index (χ4v) is 4.94. The van der Waals surface area contributed by atoms with Crippen LogP contribution in [0.5, 0.6) is 0 Å². The highest BCUT2D eigenvalue weighted by atomic mass is 19.4. The van der Waals surface area contributed by atoms with Crippen molar-refractivity contribution in [3.05, 3.63) is 29.6 Å². The van der Waals surface area contributed by atoms with Gasteiger partial charge < -0.3 is 15.5 Å². The summed E-state index contributed by atoms with van der Waals surface area (Å²) in [6, 6.07) is 1.50. The molecule has 0 spiro atoms. The van der Waals surface area contributed by atoms with E-state index in [1.807, 2.05) is 26.0 Å². The Labute approximate surface area is 206 Å². The molecule has 3 rings (SSSR count). The van der Waals surface area contributed by atoms with E-state index in [2.05, 4.69) is 10.3 Å². The molecule has 1 aromatic heterocycles. The summed E-state index contributed by atoms with van der Waals surface area (Å²) >= 11 is 0. The molecule has 36 heavy (non-hydrogen) atoms. The van der Waals surface area contributed by atoms with Crippen LogP contribution in [0.4, 0.5) is 13.2 Å². The highest BCUT2D eigenvalue weighted by molar-refractivity contribution is 5.95. The Balaban J connectivity index is 1.89. The van der Waals surface area contributed by atoms with E-state index in [1.54, 1.807) is 5.32 Å². The number of amides is 3. The van der Waals surface area contributed by atoms with Crippen LogP contribution in [0, 0.1) is 45.3 Å². The van der Waals surface area contributed by atoms with E-state index in [-0.39, 0.29) is 34.9 Å². The van der Waals surface area contributed by atoms with Gasteiger partial charge in [0.2, 0.25) is 11.8 Å². The van der Waals surface area contributed by atoms with Crippen LogP contribution in [0.15, 0.2) is 18.5 Å². The van der Waals surface area contributed by atoms with E-state index in [4.69, 9.17) is 5.26 Å². The predicted octanol–water partition coefficient (Wildman–Crippen LogP) is 2.21. The van der Waals surface area contributed by atoms with Crippen molar-refractivity contribution in [2.24, 2.45) is 22.7 Å². The predicted molar refractivity (Wildman–Crippen MR) is 119 cm³/mol. The summed E-state index contributed by atoms with van der Waals surface area (Å²) in [5.41, 5.74) is -0.913. The standard InChI is InChI=1S/C24H27F3N6O3/c1-22(2,3)18(32-21(36)24(25,26)27)20(35)33-11-14-16(23(14,4)5)17(33)19(34)31-15(8-29)13-6-12(7-28)9-30-10-13/h6,9-10,14-18H,11H2,1-5H3,(H,31,34)(H,32,36)/t14-,15?,16-,17-,18+/m0/s1. The van der Waals surface area contributed by atoms with Gasteiger partial charge in [0.05, 0.1) is 11.6 Å². The molecule has 1 saturated carbocycles. The molecule has 2 fully saturated rings. The maximum absolute atomic E-state index is 13.5. The number of halogens is 3. The van der Waals surface area contributed by atoms with Crippen molar-refractivity contribution in [2.45, 2.75) is 58.9 Å². The number of nitriles is 2. The van der Waals surface area contributed by atoms with E-state index in [0.29, 0.717) is 0 Å². The number of pyridine rings is 1. The molecule has 9 nitrogen and oxygen atoms in total. The Morgan fingerprint density at radius 2 is 1.81 bits per heavy atom. The smallest absolute Gasteiger partial charge is 0.336 e. The Kier molecular flexibility index (Phi) is 6.79. The number of rotatable bonds is 5. The maximum Gasteiger partial charge on any atom is 0.471 e. The molecule has 1 aliphatic carbocycles. The van der Waals surface area contributed by atoms with Gasteiger partial charge >= 0.3 is 12.1 Å². The number of carbonyl (C=O) groups excluding carboxylic acids is 3. The number of alkyl halides is 3. The molecular weight excluding hydrogens is 477 g/mol. The van der Waals surface area contributed by atoms with Crippen LogP contribution in [0.2, 0.25) is 0 Å². The van der Waals surface area contributed by atoms with Gasteiger partial charge in [-0.05, 0) is 28.7 Å². The van der Waals surface area contributed by atoms with Crippen molar-refractivity contribution in [1.82, 2.24) is 20.5 Å². The molecule has 2 N–H and O–H groups in total. The van der Waals surface area contributed by atoms with Crippen LogP contribution in [0.25, 0.3) is 0 Å². The molecule has 2 aliphatic rings. The molecule has 3 amide bonds. The van der Waals surface area contributed by atoms with E-state index in [1.165, 1.54) is 44.1 Å². The average Bonchev–Trinajstić information content (AvgIpc) is 3.11. The molecule has 1 saturated heterocycles. The highest BCUT2D eigenvalue weighted by Crippen LogP contribution is 2.65. The van der Waals surface area contributed by atoms with Crippen LogP contribution in [0.1, 0.15) is 51.8 Å². The minimum atomic E-state index is -5.18. The van der Waals surface area contributed by atoms with Crippen LogP contribution < -0.4 is 10.6 Å². The lowest BCUT2D eigenvalue weighted by molar-refractivity contribution is -0.176. The molecule has 2 heterocycles. The van der Waals surface area contributed by atoms with Crippen molar-refractivity contribution >= 4 is 17.7 Å². The van der Waals surface area contributed by atoms with Gasteiger partial charge in [0.15, 0.2) is 0 Å². The number of hydrogen-bond donors (Lipinski definition) is 2. The highest BCUT2D eigenvalue weighted by Gasteiger charge is 2.70. The Hall–Kier alpha value is -3.67. The summed E-state index contributed by atoms with van der Waals surface area (Å²) in [6.45, 7) is 8.54. The van der Waals surface area contributed by atoms with Gasteiger partial charge in [-0.3, -0.25) is 19.4 Å². The molecule has 1 unspecified atom stereocenters. The van der Waals surface area contributed by atoms with Crippen LogP contribution in [-0.4, -0.2) is 52.4 Å². The molecule has 192 valence electrons. The third-order valence-electron chi connectivity index (χ3n) is 7.04. The summed E-state index contributed by atoms with van der Waals surface area (Å²) < 4.78 is 38.9. The molecule has 0 bridgehead atoms. The zero-order valence-corrected chi connectivity index (χ0v) is 20.5. The maximum atomic E-state index is 13.5. The third-order valence-corrected chi connectivity index (χ3v) is 7.04. The minimum Gasteiger partial charge on any atom is -0.336 e. The second kappa shape index (κ2) is 9.08. The Morgan fingerprint density at radius 1 is 1.17 bits per heavy atom. The first-order valence-corrected chi connectivity index (χ1v) is 11.3. The second-order valence-electron chi connectivity index (χ2n) is 10.8. The van der Waals surface area contributed by atoms with Crippen molar-refractivity contribution in [3.63, 3.8) is 0 Å². The summed E-state index contributed by atoms with van der Waals surface area (Å²) in [4.78, 5) is 43.7. The van der Waals surface area contributed by atoms with E-state index < -0.39 is 47.4 Å². The van der Waals surface area contributed by atoms with Crippen LogP contribution >= 0.6 is 0 Å². The molecule has 0 radical (unpaired) electrons. The van der Waals surface area contributed by atoms with E-state index in [9.17, 15) is 32.8 Å². The van der Waals surface area contributed by atoms with Gasteiger partial charge in [-0.2, -0.15) is 23.7 Å². The summed E-state index contributed by atoms with van der Waals surface area (Å²) in [6.07, 6.45) is -2.54. The van der Waals surface area contributed by atoms with Gasteiger partial charge in [-0.1, -0.05) is 34.6 Å². The molecule has 1 aliphatic heterocycles. The second-order valence-corrected chi connectivity index (χ2v) is 10.8. The lowest BCUT2D eigenvalue weighted by Crippen LogP contribution is -2.60. The summed E-state index contributed by atoms with van der Waals surface area (Å²) in [7, 11) is 0. The fraction of sp³-hybridized carbons (Fsp3) is 0.583. The average molecular weight is 505 g/mol. The monoisotopic (exact) mass is 504 g/mol. The Bertz CT molecular complexity index is 1160. The molecule has 5 atom stereocenters. The molecular formula is C24H27F3N6O3. The minimum absolute atomic E-state index is 0.0692. The first-order valence-electron chi connectivity index (χ1n) is 11.3. The molecule has 1 aromatic rings. The number of piperidine rings is 1. The molecule has 0 aromatic carbocycles. The van der Waals surface area contributed by atoms with Crippen LogP contribution in [-0.2, 0) is 14.4 Å². The van der Waals surface area contributed by atoms with E-state index >= 15 is 0 Å². The van der Waals surface area contributed by atoms with Crippen molar-refractivity contribution in [3.8, 4) is 12.1 Å². The zero-order valence-electron chi connectivity index (χ0n) is 20.5. The Morgan fingerprint density at radius 3 is 2.33 bits per heavy atom. The van der Waals surface area contributed by atoms with E-state index in [0.717, 1.165) is 0 Å². The first-order chi connectivity index (χ1) is 16.5. The van der Waals surface area contributed by atoms with Gasteiger partial charge in [0.25, 0.3) is 0 Å². The topological polar surface area (TPSA) is 139 Å². The quantitative estimate of drug-likeness (QED) is 0.630. The zero-order chi connectivity index (χ0) is 27.2. The van der Waals surface area contributed by atoms with Gasteiger partial charge in [-0.25, -0.2) is 0 Å². The van der Waals surface area contributed by atoms with Crippen LogP contribution in [0.3, 0.4) is 0 Å². The number of hydrogen-bond acceptors (Lipinski definition) is 6. The van der Waals surface area contributed by atoms with Gasteiger partial charge in [0, 0.05) is 24.5 Å². The molecule has 12 heteroatoms. The van der Waals surface area contributed by atoms with Gasteiger partial charge in [0.1, 0.15) is 24.2 Å². The van der Waals surface area contributed by atoms with Gasteiger partial charge in [-0.15, -0.1) is 0 Å². The summed E-state index contributed by atoms with van der Waals surface area (Å²) in [5.74, 6) is -4.03.